The van der Waals surface area contributed by atoms with Gasteiger partial charge in [-0.25, -0.2) is 4.68 Å². The summed E-state index contributed by atoms with van der Waals surface area (Å²) < 4.78 is 13.6. The summed E-state index contributed by atoms with van der Waals surface area (Å²) in [5, 5.41) is 15.0. The third-order valence-electron chi connectivity index (χ3n) is 5.16. The molecule has 1 atom stereocenters. The lowest BCUT2D eigenvalue weighted by Crippen LogP contribution is -2.33. The van der Waals surface area contributed by atoms with Gasteiger partial charge in [-0.3, -0.25) is 4.90 Å². The molecule has 0 spiro atoms. The second kappa shape index (κ2) is 11.2. The van der Waals surface area contributed by atoms with Gasteiger partial charge in [0.2, 0.25) is 5.88 Å². The van der Waals surface area contributed by atoms with E-state index in [4.69, 9.17) is 14.6 Å². The molecule has 0 aliphatic heterocycles. The highest BCUT2D eigenvalue weighted by Crippen LogP contribution is 2.33. The zero-order valence-corrected chi connectivity index (χ0v) is 19.8. The van der Waals surface area contributed by atoms with E-state index in [2.05, 4.69) is 25.7 Å². The third kappa shape index (κ3) is 6.11. The van der Waals surface area contributed by atoms with Crippen molar-refractivity contribution in [2.24, 2.45) is 5.92 Å². The van der Waals surface area contributed by atoms with E-state index < -0.39 is 6.10 Å². The topological polar surface area (TPSA) is 59.8 Å². The van der Waals surface area contributed by atoms with E-state index in [1.165, 1.54) is 0 Å². The van der Waals surface area contributed by atoms with Crippen LogP contribution in [-0.2, 0) is 13.0 Å². The second-order valence-electron chi connectivity index (χ2n) is 8.55. The van der Waals surface area contributed by atoms with E-state index in [1.54, 1.807) is 7.11 Å². The summed E-state index contributed by atoms with van der Waals surface area (Å²) in [7, 11) is 1.65. The Morgan fingerprint density at radius 1 is 0.969 bits per heavy atom. The number of ether oxygens (including phenoxy) is 2. The quantitative estimate of drug-likeness (QED) is 0.454. The Hall–Kier alpha value is -2.83. The first-order chi connectivity index (χ1) is 15.4. The van der Waals surface area contributed by atoms with Crippen molar-refractivity contribution in [1.29, 1.82) is 0 Å². The maximum atomic E-state index is 10.1. The van der Waals surface area contributed by atoms with E-state index in [0.717, 1.165) is 41.4 Å². The Labute approximate surface area is 191 Å². The average molecular weight is 438 g/mol. The molecule has 0 unspecified atom stereocenters. The lowest BCUT2D eigenvalue weighted by molar-refractivity contribution is 0.114. The van der Waals surface area contributed by atoms with Crippen molar-refractivity contribution in [3.8, 4) is 23.1 Å². The van der Waals surface area contributed by atoms with Crippen LogP contribution in [0, 0.1) is 5.92 Å². The smallest absolute Gasteiger partial charge is 0.227 e. The van der Waals surface area contributed by atoms with E-state index in [1.807, 2.05) is 66.2 Å². The average Bonchev–Trinajstić information content (AvgIpc) is 3.11. The molecule has 0 saturated carbocycles. The Kier molecular flexibility index (Phi) is 8.31. The van der Waals surface area contributed by atoms with Gasteiger partial charge in [0.25, 0.3) is 0 Å². The molecule has 1 heterocycles. The van der Waals surface area contributed by atoms with Crippen LogP contribution in [0.3, 0.4) is 0 Å². The van der Waals surface area contributed by atoms with Gasteiger partial charge in [-0.2, -0.15) is 5.10 Å². The summed E-state index contributed by atoms with van der Waals surface area (Å²) in [6, 6.07) is 17.6. The molecule has 3 rings (SSSR count). The molecule has 2 aromatic carbocycles. The number of methoxy groups -OCH3 is 1. The first-order valence-electron chi connectivity index (χ1n) is 11.3. The van der Waals surface area contributed by atoms with Crippen LogP contribution in [0.2, 0.25) is 0 Å². The molecule has 32 heavy (non-hydrogen) atoms. The maximum absolute atomic E-state index is 10.1. The minimum atomic E-state index is -0.408. The summed E-state index contributed by atoms with van der Waals surface area (Å²) in [5.41, 5.74) is 2.99. The van der Waals surface area contributed by atoms with Crippen LogP contribution in [0.1, 0.15) is 39.0 Å². The van der Waals surface area contributed by atoms with Crippen molar-refractivity contribution < 1.29 is 14.6 Å². The highest BCUT2D eigenvalue weighted by atomic mass is 16.5. The molecule has 172 valence electrons. The fourth-order valence-corrected chi connectivity index (χ4v) is 3.84. The van der Waals surface area contributed by atoms with Gasteiger partial charge < -0.3 is 14.6 Å². The van der Waals surface area contributed by atoms with Gasteiger partial charge >= 0.3 is 0 Å². The number of aromatic nitrogens is 2. The van der Waals surface area contributed by atoms with Crippen LogP contribution in [0.4, 0.5) is 0 Å². The third-order valence-corrected chi connectivity index (χ3v) is 5.16. The van der Waals surface area contributed by atoms with Gasteiger partial charge in [0, 0.05) is 19.6 Å². The molecule has 0 fully saturated rings. The predicted molar refractivity (Wildman–Crippen MR) is 128 cm³/mol. The van der Waals surface area contributed by atoms with Gasteiger partial charge in [0.15, 0.2) is 0 Å². The van der Waals surface area contributed by atoms with Crippen LogP contribution in [0.25, 0.3) is 5.69 Å². The number of aryl methyl sites for hydroxylation is 1. The minimum Gasteiger partial charge on any atom is -0.497 e. The number of rotatable bonds is 11. The lowest BCUT2D eigenvalue weighted by atomic mass is 10.1. The standard InChI is InChI=1S/C26H35N3O3/c1-6-25-24(18-28(16-19(2)3)17-20(4)30)26(29(27-25)21-10-8-7-9-11-21)32-23-14-12-22(31-5)13-15-23/h7-15,19-20,30H,6,16-18H2,1-5H3/t20-/m0/s1. The number of nitrogens with zero attached hydrogens (tertiary/aromatic N) is 3. The number of para-hydroxylation sites is 1. The molecular weight excluding hydrogens is 402 g/mol. The molecule has 1 aromatic heterocycles. The molecule has 0 radical (unpaired) electrons. The van der Waals surface area contributed by atoms with Crippen LogP contribution in [0.5, 0.6) is 17.4 Å². The van der Waals surface area contributed by atoms with Crippen LogP contribution < -0.4 is 9.47 Å². The Morgan fingerprint density at radius 3 is 2.19 bits per heavy atom. The SMILES string of the molecule is CCc1nn(-c2ccccc2)c(Oc2ccc(OC)cc2)c1CN(CC(C)C)C[C@H](C)O. The van der Waals surface area contributed by atoms with Crippen LogP contribution in [-0.4, -0.2) is 46.1 Å². The van der Waals surface area contributed by atoms with E-state index in [9.17, 15) is 5.11 Å². The predicted octanol–water partition coefficient (Wildman–Crippen LogP) is 5.07. The first kappa shape index (κ1) is 23.8. The number of aliphatic hydroxyl groups excluding tert-OH is 1. The lowest BCUT2D eigenvalue weighted by Gasteiger charge is -2.26. The van der Waals surface area contributed by atoms with Crippen molar-refractivity contribution in [2.75, 3.05) is 20.2 Å². The monoisotopic (exact) mass is 437 g/mol. The van der Waals surface area contributed by atoms with E-state index >= 15 is 0 Å². The summed E-state index contributed by atoms with van der Waals surface area (Å²) in [6.45, 7) is 10.5. The largest absolute Gasteiger partial charge is 0.497 e. The summed E-state index contributed by atoms with van der Waals surface area (Å²) in [6.07, 6.45) is 0.382. The molecule has 0 aliphatic rings. The van der Waals surface area contributed by atoms with E-state index in [-0.39, 0.29) is 0 Å². The highest BCUT2D eigenvalue weighted by molar-refractivity contribution is 5.44. The molecule has 3 aromatic rings. The molecule has 1 N–H and O–H groups in total. The zero-order valence-electron chi connectivity index (χ0n) is 19.8. The van der Waals surface area contributed by atoms with Crippen LogP contribution >= 0.6 is 0 Å². The highest BCUT2D eigenvalue weighted by Gasteiger charge is 2.23. The van der Waals surface area contributed by atoms with Crippen LogP contribution in [0.15, 0.2) is 54.6 Å². The molecule has 0 saturated heterocycles. The van der Waals surface area contributed by atoms with Gasteiger partial charge in [-0.15, -0.1) is 0 Å². The fourth-order valence-electron chi connectivity index (χ4n) is 3.84. The summed E-state index contributed by atoms with van der Waals surface area (Å²) in [4.78, 5) is 2.28. The molecular formula is C26H35N3O3. The second-order valence-corrected chi connectivity index (χ2v) is 8.55. The first-order valence-corrected chi connectivity index (χ1v) is 11.3. The minimum absolute atomic E-state index is 0.408. The Morgan fingerprint density at radius 2 is 1.62 bits per heavy atom. The van der Waals surface area contributed by atoms with Crippen molar-refractivity contribution in [3.63, 3.8) is 0 Å². The molecule has 0 aliphatic carbocycles. The van der Waals surface area contributed by atoms with Gasteiger partial charge in [0.05, 0.1) is 30.2 Å². The molecule has 6 nitrogen and oxygen atoms in total. The Balaban J connectivity index is 2.05. The molecule has 6 heteroatoms. The number of aliphatic hydroxyl groups is 1. The summed E-state index contributed by atoms with van der Waals surface area (Å²) >= 11 is 0. The van der Waals surface area contributed by atoms with E-state index in [0.29, 0.717) is 24.9 Å². The molecule has 0 bridgehead atoms. The number of hydrogen-bond donors (Lipinski definition) is 1. The van der Waals surface area contributed by atoms with Gasteiger partial charge in [0.1, 0.15) is 11.5 Å². The van der Waals surface area contributed by atoms with Crippen molar-refractivity contribution in [1.82, 2.24) is 14.7 Å². The van der Waals surface area contributed by atoms with Gasteiger partial charge in [-0.1, -0.05) is 39.0 Å². The zero-order chi connectivity index (χ0) is 23.1. The normalized spacial score (nSPS) is 12.4. The maximum Gasteiger partial charge on any atom is 0.227 e. The van der Waals surface area contributed by atoms with Crippen molar-refractivity contribution >= 4 is 0 Å². The van der Waals surface area contributed by atoms with Crippen molar-refractivity contribution in [2.45, 2.75) is 46.8 Å². The number of hydrogen-bond acceptors (Lipinski definition) is 5. The van der Waals surface area contributed by atoms with Crippen molar-refractivity contribution in [3.05, 3.63) is 65.9 Å². The molecule has 0 amide bonds. The Bertz CT molecular complexity index is 956. The fraction of sp³-hybridized carbons (Fsp3) is 0.423. The number of benzene rings is 2. The van der Waals surface area contributed by atoms with Gasteiger partial charge in [-0.05, 0) is 55.7 Å². The summed E-state index contributed by atoms with van der Waals surface area (Å²) in [5.74, 6) is 2.69.